The smallest absolute Gasteiger partial charge is 0.332 e. The van der Waals surface area contributed by atoms with Crippen LogP contribution in [0.2, 0.25) is 0 Å². The third-order valence-electron chi connectivity index (χ3n) is 3.97. The van der Waals surface area contributed by atoms with E-state index in [1.165, 1.54) is 0 Å². The zero-order chi connectivity index (χ0) is 14.0. The molecule has 3 atom stereocenters. The molecule has 0 radical (unpaired) electrons. The molecule has 3 N–H and O–H groups in total. The molecule has 2 amide bonds. The lowest BCUT2D eigenvalue weighted by Crippen LogP contribution is -2.58. The number of rotatable bonds is 3. The van der Waals surface area contributed by atoms with Gasteiger partial charge in [0.2, 0.25) is 0 Å². The number of carboxylic acid groups (broad SMARTS) is 1. The van der Waals surface area contributed by atoms with Gasteiger partial charge in [-0.05, 0) is 13.3 Å². The number of carboxylic acids is 1. The van der Waals surface area contributed by atoms with Crippen LogP contribution in [-0.4, -0.2) is 65.1 Å². The van der Waals surface area contributed by atoms with E-state index in [2.05, 4.69) is 5.32 Å². The van der Waals surface area contributed by atoms with Gasteiger partial charge in [0.15, 0.2) is 5.54 Å². The number of aliphatic hydroxyl groups is 1. The Morgan fingerprint density at radius 2 is 2.26 bits per heavy atom. The average Bonchev–Trinajstić information content (AvgIpc) is 2.97. The van der Waals surface area contributed by atoms with Gasteiger partial charge >= 0.3 is 12.0 Å². The molecule has 0 aromatic heterocycles. The number of amides is 2. The third kappa shape index (κ3) is 2.82. The van der Waals surface area contributed by atoms with Crippen molar-refractivity contribution in [2.75, 3.05) is 26.3 Å². The first-order valence-electron chi connectivity index (χ1n) is 6.51. The van der Waals surface area contributed by atoms with E-state index in [1.807, 2.05) is 0 Å². The Labute approximate surface area is 111 Å². The lowest BCUT2D eigenvalue weighted by atomic mass is 9.99. The minimum Gasteiger partial charge on any atom is -0.479 e. The Morgan fingerprint density at radius 1 is 1.53 bits per heavy atom. The minimum absolute atomic E-state index is 0.00173. The number of aliphatic hydroxyl groups excluding tert-OH is 1. The molecule has 2 saturated heterocycles. The first-order valence-corrected chi connectivity index (χ1v) is 6.51. The molecule has 108 valence electrons. The van der Waals surface area contributed by atoms with Crippen molar-refractivity contribution in [3.8, 4) is 0 Å². The highest BCUT2D eigenvalue weighted by Crippen LogP contribution is 2.23. The number of likely N-dealkylation sites (tertiary alicyclic amines) is 1. The van der Waals surface area contributed by atoms with Crippen LogP contribution in [0, 0.1) is 5.92 Å². The predicted octanol–water partition coefficient (Wildman–Crippen LogP) is -0.358. The van der Waals surface area contributed by atoms with Crippen LogP contribution < -0.4 is 5.32 Å². The van der Waals surface area contributed by atoms with Crippen LogP contribution >= 0.6 is 0 Å². The van der Waals surface area contributed by atoms with E-state index in [0.29, 0.717) is 19.7 Å². The number of carbonyl (C=O) groups excluding carboxylic acids is 1. The van der Waals surface area contributed by atoms with Gasteiger partial charge < -0.3 is 25.2 Å². The van der Waals surface area contributed by atoms with Gasteiger partial charge in [0.25, 0.3) is 0 Å². The van der Waals surface area contributed by atoms with E-state index in [9.17, 15) is 19.8 Å². The van der Waals surface area contributed by atoms with Crippen LogP contribution in [0.4, 0.5) is 4.79 Å². The van der Waals surface area contributed by atoms with Crippen molar-refractivity contribution in [3.05, 3.63) is 0 Å². The van der Waals surface area contributed by atoms with Crippen molar-refractivity contribution in [2.45, 2.75) is 31.4 Å². The van der Waals surface area contributed by atoms with E-state index in [4.69, 9.17) is 4.74 Å². The summed E-state index contributed by atoms with van der Waals surface area (Å²) in [6, 6.07) is -0.393. The normalized spacial score (nSPS) is 32.3. The van der Waals surface area contributed by atoms with E-state index in [0.717, 1.165) is 6.42 Å². The van der Waals surface area contributed by atoms with Crippen LogP contribution in [-0.2, 0) is 9.53 Å². The number of urea groups is 1. The topological polar surface area (TPSA) is 99.1 Å². The molecule has 19 heavy (non-hydrogen) atoms. The maximum absolute atomic E-state index is 12.1. The van der Waals surface area contributed by atoms with Crippen LogP contribution in [0.1, 0.15) is 19.8 Å². The van der Waals surface area contributed by atoms with Gasteiger partial charge in [-0.1, -0.05) is 0 Å². The van der Waals surface area contributed by atoms with Gasteiger partial charge in [-0.25, -0.2) is 9.59 Å². The molecule has 2 aliphatic rings. The Hall–Kier alpha value is -1.34. The Morgan fingerprint density at radius 3 is 2.74 bits per heavy atom. The molecule has 3 unspecified atom stereocenters. The maximum Gasteiger partial charge on any atom is 0.332 e. The molecule has 0 spiro atoms. The highest BCUT2D eigenvalue weighted by molar-refractivity contribution is 5.86. The predicted molar refractivity (Wildman–Crippen MR) is 65.7 cm³/mol. The molecule has 0 bridgehead atoms. The summed E-state index contributed by atoms with van der Waals surface area (Å²) in [5, 5.41) is 21.3. The van der Waals surface area contributed by atoms with E-state index in [-0.39, 0.29) is 18.9 Å². The van der Waals surface area contributed by atoms with Crippen LogP contribution in [0.15, 0.2) is 0 Å². The molecular formula is C12H20N2O5. The quantitative estimate of drug-likeness (QED) is 0.652. The van der Waals surface area contributed by atoms with Gasteiger partial charge in [-0.15, -0.1) is 0 Å². The van der Waals surface area contributed by atoms with Gasteiger partial charge in [0, 0.05) is 32.0 Å². The van der Waals surface area contributed by atoms with Crippen molar-refractivity contribution in [2.24, 2.45) is 5.92 Å². The summed E-state index contributed by atoms with van der Waals surface area (Å²) in [6.45, 7) is 3.04. The second-order valence-corrected chi connectivity index (χ2v) is 5.36. The van der Waals surface area contributed by atoms with Crippen molar-refractivity contribution in [1.29, 1.82) is 0 Å². The van der Waals surface area contributed by atoms with Gasteiger partial charge in [-0.3, -0.25) is 0 Å². The number of carbonyl (C=O) groups is 2. The second kappa shape index (κ2) is 5.34. The molecule has 0 aromatic rings. The highest BCUT2D eigenvalue weighted by atomic mass is 16.5. The summed E-state index contributed by atoms with van der Waals surface area (Å²) in [7, 11) is 0. The van der Waals surface area contributed by atoms with Crippen molar-refractivity contribution < 1.29 is 24.5 Å². The summed E-state index contributed by atoms with van der Waals surface area (Å²) >= 11 is 0. The Bertz CT molecular complexity index is 365. The molecule has 0 saturated carbocycles. The van der Waals surface area contributed by atoms with E-state index < -0.39 is 23.6 Å². The number of nitrogens with one attached hydrogen (secondary N) is 1. The average molecular weight is 272 g/mol. The maximum atomic E-state index is 12.1. The summed E-state index contributed by atoms with van der Waals surface area (Å²) in [6.07, 6.45) is 0.560. The minimum atomic E-state index is -1.31. The molecule has 2 fully saturated rings. The first kappa shape index (κ1) is 14.1. The van der Waals surface area contributed by atoms with Crippen molar-refractivity contribution in [3.63, 3.8) is 0 Å². The fourth-order valence-electron chi connectivity index (χ4n) is 2.53. The molecule has 2 rings (SSSR count). The highest BCUT2D eigenvalue weighted by Gasteiger charge is 2.45. The van der Waals surface area contributed by atoms with E-state index in [1.54, 1.807) is 11.8 Å². The zero-order valence-corrected chi connectivity index (χ0v) is 11.0. The van der Waals surface area contributed by atoms with Crippen molar-refractivity contribution in [1.82, 2.24) is 10.2 Å². The molecule has 7 nitrogen and oxygen atoms in total. The fourth-order valence-corrected chi connectivity index (χ4v) is 2.53. The number of aliphatic carboxylic acids is 1. The summed E-state index contributed by atoms with van der Waals surface area (Å²) < 4.78 is 5.09. The lowest BCUT2D eigenvalue weighted by Gasteiger charge is -2.27. The zero-order valence-electron chi connectivity index (χ0n) is 11.0. The molecule has 2 aliphatic heterocycles. The number of ether oxygens (including phenoxy) is 1. The third-order valence-corrected chi connectivity index (χ3v) is 3.97. The number of hydrogen-bond acceptors (Lipinski definition) is 4. The molecular weight excluding hydrogens is 252 g/mol. The number of nitrogens with zero attached hydrogens (tertiary/aromatic N) is 1. The molecule has 0 aliphatic carbocycles. The monoisotopic (exact) mass is 272 g/mol. The van der Waals surface area contributed by atoms with Crippen LogP contribution in [0.25, 0.3) is 0 Å². The summed E-state index contributed by atoms with van der Waals surface area (Å²) in [5.74, 6) is -1.00. The Balaban J connectivity index is 1.96. The molecule has 7 heteroatoms. The standard InChI is InChI=1S/C12H20N2O5/c1-8(15)9-2-4-14(6-9)11(18)13-12(10(16)17)3-5-19-7-12/h8-9,15H,2-7H2,1H3,(H,13,18)(H,16,17). The Kier molecular flexibility index (Phi) is 3.96. The largest absolute Gasteiger partial charge is 0.479 e. The SMILES string of the molecule is CC(O)C1CCN(C(=O)NC2(C(=O)O)CCOC2)C1. The second-order valence-electron chi connectivity index (χ2n) is 5.36. The van der Waals surface area contributed by atoms with Gasteiger partial charge in [-0.2, -0.15) is 0 Å². The van der Waals surface area contributed by atoms with Crippen LogP contribution in [0.3, 0.4) is 0 Å². The molecule has 0 aromatic carbocycles. The molecule has 2 heterocycles. The van der Waals surface area contributed by atoms with E-state index >= 15 is 0 Å². The summed E-state index contributed by atoms with van der Waals surface area (Å²) in [5.41, 5.74) is -1.31. The van der Waals surface area contributed by atoms with Crippen molar-refractivity contribution >= 4 is 12.0 Å². The lowest BCUT2D eigenvalue weighted by molar-refractivity contribution is -0.144. The van der Waals surface area contributed by atoms with Crippen LogP contribution in [0.5, 0.6) is 0 Å². The van der Waals surface area contributed by atoms with Gasteiger partial charge in [0.05, 0.1) is 12.7 Å². The summed E-state index contributed by atoms with van der Waals surface area (Å²) in [4.78, 5) is 24.9. The number of hydrogen-bond donors (Lipinski definition) is 3. The van der Waals surface area contributed by atoms with Gasteiger partial charge in [0.1, 0.15) is 0 Å². The fraction of sp³-hybridized carbons (Fsp3) is 0.833. The first-order chi connectivity index (χ1) is 8.94.